The van der Waals surface area contributed by atoms with E-state index in [2.05, 4.69) is 9.97 Å². The Hall–Kier alpha value is -1.78. The van der Waals surface area contributed by atoms with Gasteiger partial charge >= 0.3 is 12.4 Å². The van der Waals surface area contributed by atoms with E-state index in [0.29, 0.717) is 4.90 Å². The van der Waals surface area contributed by atoms with E-state index in [1.807, 2.05) is 0 Å². The highest BCUT2D eigenvalue weighted by molar-refractivity contribution is 6.28. The van der Waals surface area contributed by atoms with Gasteiger partial charge in [0, 0.05) is 13.6 Å². The summed E-state index contributed by atoms with van der Waals surface area (Å²) >= 11 is 5.60. The molecule has 0 N–H and O–H groups in total. The van der Waals surface area contributed by atoms with Crippen LogP contribution in [0.4, 0.5) is 37.8 Å². The lowest BCUT2D eigenvalue weighted by Crippen LogP contribution is -2.55. The van der Waals surface area contributed by atoms with E-state index in [1.165, 1.54) is 7.05 Å². The van der Waals surface area contributed by atoms with Crippen LogP contribution in [0.3, 0.4) is 0 Å². The lowest BCUT2D eigenvalue weighted by atomic mass is 10.1. The standard InChI is InChI=1S/C12H11ClF6N4O/c1-22-7-5-20-10(13)21-8(7)23(3-2-11(14,15)16)6(9(22)24)4-12(17,18)19/h5-6H,2-4H2,1H3. The zero-order valence-corrected chi connectivity index (χ0v) is 12.9. The zero-order chi connectivity index (χ0) is 18.3. The number of carbonyl (C=O) groups is 1. The van der Waals surface area contributed by atoms with Crippen LogP contribution in [0.1, 0.15) is 12.8 Å². The lowest BCUT2D eigenvalue weighted by molar-refractivity contribution is -0.148. The van der Waals surface area contributed by atoms with Gasteiger partial charge in [-0.1, -0.05) is 0 Å². The molecule has 1 aliphatic rings. The number of alkyl halides is 6. The van der Waals surface area contributed by atoms with Crippen molar-refractivity contribution >= 4 is 29.0 Å². The number of hydrogen-bond acceptors (Lipinski definition) is 4. The molecule has 0 saturated heterocycles. The fraction of sp³-hybridized carbons (Fsp3) is 0.583. The average molecular weight is 377 g/mol. The molecule has 0 saturated carbocycles. The van der Waals surface area contributed by atoms with Gasteiger partial charge in [-0.2, -0.15) is 31.3 Å². The maximum atomic E-state index is 12.8. The molecule has 2 heterocycles. The second-order valence-corrected chi connectivity index (χ2v) is 5.48. The molecule has 5 nitrogen and oxygen atoms in total. The molecule has 134 valence electrons. The first-order chi connectivity index (χ1) is 10.9. The number of carbonyl (C=O) groups excluding carboxylic acids is 1. The Morgan fingerprint density at radius 1 is 1.21 bits per heavy atom. The molecular formula is C12H11ClF6N4O. The van der Waals surface area contributed by atoms with Crippen LogP contribution in [0.15, 0.2) is 6.20 Å². The van der Waals surface area contributed by atoms with Crippen molar-refractivity contribution in [1.82, 2.24) is 9.97 Å². The summed E-state index contributed by atoms with van der Waals surface area (Å²) in [5.74, 6) is -1.23. The van der Waals surface area contributed by atoms with Crippen LogP contribution in [0.25, 0.3) is 0 Å². The van der Waals surface area contributed by atoms with Crippen molar-refractivity contribution in [2.75, 3.05) is 23.4 Å². The van der Waals surface area contributed by atoms with Crippen molar-refractivity contribution in [2.45, 2.75) is 31.2 Å². The molecule has 1 aliphatic heterocycles. The number of aromatic nitrogens is 2. The summed E-state index contributed by atoms with van der Waals surface area (Å²) < 4.78 is 75.8. The molecule has 12 heteroatoms. The van der Waals surface area contributed by atoms with Crippen molar-refractivity contribution in [3.05, 3.63) is 11.5 Å². The van der Waals surface area contributed by atoms with E-state index >= 15 is 0 Å². The van der Waals surface area contributed by atoms with Gasteiger partial charge in [-0.05, 0) is 11.6 Å². The van der Waals surface area contributed by atoms with Gasteiger partial charge in [0.05, 0.1) is 19.0 Å². The molecule has 1 atom stereocenters. The summed E-state index contributed by atoms with van der Waals surface area (Å²) in [6.45, 7) is -0.857. The third kappa shape index (κ3) is 4.19. The minimum absolute atomic E-state index is 0.00926. The molecule has 0 spiro atoms. The predicted octanol–water partition coefficient (Wildman–Crippen LogP) is 3.19. The van der Waals surface area contributed by atoms with Crippen LogP contribution in [0, 0.1) is 0 Å². The number of hydrogen-bond donors (Lipinski definition) is 0. The number of rotatable bonds is 3. The molecule has 2 rings (SSSR count). The molecular weight excluding hydrogens is 366 g/mol. The van der Waals surface area contributed by atoms with Crippen molar-refractivity contribution in [1.29, 1.82) is 0 Å². The van der Waals surface area contributed by atoms with Crippen LogP contribution in [-0.2, 0) is 4.79 Å². The lowest BCUT2D eigenvalue weighted by Gasteiger charge is -2.40. The second kappa shape index (κ2) is 6.26. The van der Waals surface area contributed by atoms with Gasteiger partial charge in [0.15, 0.2) is 5.82 Å². The van der Waals surface area contributed by atoms with E-state index < -0.39 is 43.7 Å². The Bertz CT molecular complexity index is 635. The number of fused-ring (bicyclic) bond motifs is 1. The Balaban J connectivity index is 2.46. The van der Waals surface area contributed by atoms with E-state index in [-0.39, 0.29) is 16.8 Å². The van der Waals surface area contributed by atoms with Gasteiger partial charge in [-0.3, -0.25) is 4.79 Å². The smallest absolute Gasteiger partial charge is 0.342 e. The highest BCUT2D eigenvalue weighted by Gasteiger charge is 2.45. The van der Waals surface area contributed by atoms with Crippen molar-refractivity contribution in [3.8, 4) is 0 Å². The molecule has 0 fully saturated rings. The maximum absolute atomic E-state index is 12.8. The predicted molar refractivity (Wildman–Crippen MR) is 72.9 cm³/mol. The molecule has 0 aromatic carbocycles. The minimum atomic E-state index is -4.74. The average Bonchev–Trinajstić information content (AvgIpc) is 2.41. The largest absolute Gasteiger partial charge is 0.391 e. The monoisotopic (exact) mass is 376 g/mol. The normalized spacial score (nSPS) is 18.8. The second-order valence-electron chi connectivity index (χ2n) is 5.14. The van der Waals surface area contributed by atoms with Crippen molar-refractivity contribution in [3.63, 3.8) is 0 Å². The molecule has 0 radical (unpaired) electrons. The zero-order valence-electron chi connectivity index (χ0n) is 12.1. The number of likely N-dealkylation sites (N-methyl/N-ethyl adjacent to an activating group) is 1. The highest BCUT2D eigenvalue weighted by Crippen LogP contribution is 2.38. The molecule has 24 heavy (non-hydrogen) atoms. The van der Waals surface area contributed by atoms with E-state index in [1.54, 1.807) is 0 Å². The molecule has 1 aromatic rings. The molecule has 0 aliphatic carbocycles. The van der Waals surface area contributed by atoms with Crippen LogP contribution in [0.5, 0.6) is 0 Å². The van der Waals surface area contributed by atoms with Crippen molar-refractivity contribution < 1.29 is 31.1 Å². The number of amides is 1. The van der Waals surface area contributed by atoms with Gasteiger partial charge in [0.1, 0.15) is 11.7 Å². The number of anilines is 2. The fourth-order valence-corrected chi connectivity index (χ4v) is 2.47. The summed E-state index contributed by atoms with van der Waals surface area (Å²) in [6, 6.07) is -1.85. The van der Waals surface area contributed by atoms with Gasteiger partial charge < -0.3 is 9.80 Å². The maximum Gasteiger partial charge on any atom is 0.391 e. The van der Waals surface area contributed by atoms with E-state index in [4.69, 9.17) is 11.6 Å². The summed E-state index contributed by atoms with van der Waals surface area (Å²) in [4.78, 5) is 21.1. The SMILES string of the molecule is CN1C(=O)C(CC(F)(F)F)N(CCC(F)(F)F)c2nc(Cl)ncc21. The van der Waals surface area contributed by atoms with Crippen LogP contribution in [0.2, 0.25) is 5.28 Å². The quantitative estimate of drug-likeness (QED) is 0.600. The summed E-state index contributed by atoms with van der Waals surface area (Å²) in [7, 11) is 1.20. The Morgan fingerprint density at radius 3 is 2.38 bits per heavy atom. The van der Waals surface area contributed by atoms with Crippen LogP contribution in [-0.4, -0.2) is 47.9 Å². The molecule has 1 amide bonds. The van der Waals surface area contributed by atoms with E-state index in [9.17, 15) is 31.1 Å². The summed E-state index contributed by atoms with van der Waals surface area (Å²) in [6.07, 6.45) is -11.3. The van der Waals surface area contributed by atoms with E-state index in [0.717, 1.165) is 11.1 Å². The molecule has 1 unspecified atom stereocenters. The third-order valence-electron chi connectivity index (χ3n) is 3.41. The topological polar surface area (TPSA) is 49.3 Å². The summed E-state index contributed by atoms with van der Waals surface area (Å²) in [5.41, 5.74) is -0.00926. The number of halogens is 7. The number of nitrogens with zero attached hydrogens (tertiary/aromatic N) is 4. The van der Waals surface area contributed by atoms with Gasteiger partial charge in [-0.15, -0.1) is 0 Å². The first-order valence-corrected chi connectivity index (χ1v) is 6.97. The first-order valence-electron chi connectivity index (χ1n) is 6.59. The van der Waals surface area contributed by atoms with Crippen molar-refractivity contribution in [2.24, 2.45) is 0 Å². The highest BCUT2D eigenvalue weighted by atomic mass is 35.5. The molecule has 0 bridgehead atoms. The summed E-state index contributed by atoms with van der Waals surface area (Å²) in [5, 5.41) is -0.348. The Kier molecular flexibility index (Phi) is 4.84. The third-order valence-corrected chi connectivity index (χ3v) is 3.59. The Morgan fingerprint density at radius 2 is 1.83 bits per heavy atom. The minimum Gasteiger partial charge on any atom is -0.342 e. The molecule has 1 aromatic heterocycles. The van der Waals surface area contributed by atoms with Gasteiger partial charge in [0.2, 0.25) is 11.2 Å². The Labute approximate surface area is 137 Å². The first kappa shape index (κ1) is 18.6. The van der Waals surface area contributed by atoms with Gasteiger partial charge in [-0.25, -0.2) is 4.98 Å². The van der Waals surface area contributed by atoms with Crippen LogP contribution >= 0.6 is 11.6 Å². The van der Waals surface area contributed by atoms with Crippen LogP contribution < -0.4 is 9.80 Å². The van der Waals surface area contributed by atoms with Gasteiger partial charge in [0.25, 0.3) is 0 Å². The fourth-order valence-electron chi connectivity index (χ4n) is 2.34.